The zero-order chi connectivity index (χ0) is 17.3. The fourth-order valence-electron chi connectivity index (χ4n) is 3.53. The summed E-state index contributed by atoms with van der Waals surface area (Å²) >= 11 is 0. The first-order valence-electron chi connectivity index (χ1n) is 8.48. The van der Waals surface area contributed by atoms with Crippen LogP contribution in [0.1, 0.15) is 35.7 Å². The highest BCUT2D eigenvalue weighted by atomic mass is 35.5. The minimum Gasteiger partial charge on any atom is -0.349 e. The van der Waals surface area contributed by atoms with Gasteiger partial charge in [-0.2, -0.15) is 0 Å². The lowest BCUT2D eigenvalue weighted by Crippen LogP contribution is -2.48. The van der Waals surface area contributed by atoms with Crippen LogP contribution in [0.25, 0.3) is 0 Å². The number of carbonyl (C=O) groups excluding carboxylic acids is 1. The number of nitrogens with zero attached hydrogens (tertiary/aromatic N) is 1. The van der Waals surface area contributed by atoms with Crippen LogP contribution in [-0.4, -0.2) is 46.3 Å². The van der Waals surface area contributed by atoms with Gasteiger partial charge in [0, 0.05) is 18.2 Å². The smallest absolute Gasteiger partial charge is 0.251 e. The molecule has 1 aromatic rings. The molecular weight excluding hydrogens is 362 g/mol. The fraction of sp³-hybridized carbons (Fsp3) is 0.588. The average Bonchev–Trinajstić information content (AvgIpc) is 2.55. The number of anilines is 1. The van der Waals surface area contributed by atoms with Crippen molar-refractivity contribution < 1.29 is 13.2 Å². The molecule has 2 aliphatic rings. The van der Waals surface area contributed by atoms with Crippen molar-refractivity contribution in [3.8, 4) is 0 Å². The van der Waals surface area contributed by atoms with Crippen LogP contribution in [0.4, 0.5) is 5.69 Å². The Morgan fingerprint density at radius 2 is 2.12 bits per heavy atom. The van der Waals surface area contributed by atoms with Crippen molar-refractivity contribution in [3.63, 3.8) is 0 Å². The number of carbonyl (C=O) groups is 1. The number of halogens is 1. The Morgan fingerprint density at radius 3 is 2.80 bits per heavy atom. The van der Waals surface area contributed by atoms with Crippen molar-refractivity contribution in [3.05, 3.63) is 29.3 Å². The second-order valence-electron chi connectivity index (χ2n) is 6.83. The summed E-state index contributed by atoms with van der Waals surface area (Å²) in [5.41, 5.74) is 2.24. The third-order valence-corrected chi connectivity index (χ3v) is 6.10. The number of amides is 1. The van der Waals surface area contributed by atoms with Crippen molar-refractivity contribution in [2.45, 2.75) is 32.2 Å². The van der Waals surface area contributed by atoms with Gasteiger partial charge >= 0.3 is 0 Å². The maximum Gasteiger partial charge on any atom is 0.251 e. The zero-order valence-corrected chi connectivity index (χ0v) is 16.3. The second-order valence-corrected chi connectivity index (χ2v) is 8.74. The molecule has 140 valence electrons. The van der Waals surface area contributed by atoms with Gasteiger partial charge < -0.3 is 10.6 Å². The molecule has 0 aliphatic carbocycles. The topological polar surface area (TPSA) is 78.5 Å². The largest absolute Gasteiger partial charge is 0.349 e. The standard InChI is InChI=1S/C17H25N3O3S.ClH/c1-12-11-18-8-7-15(12)19-17(21)14-5-6-16-13(10-14)4-3-9-20(16)24(2,22)23;/h5-6,10,12,15,18H,3-4,7-9,11H2,1-2H3,(H,19,21);1H. The van der Waals surface area contributed by atoms with E-state index < -0.39 is 10.0 Å². The van der Waals surface area contributed by atoms with Gasteiger partial charge in [0.1, 0.15) is 0 Å². The Morgan fingerprint density at radius 1 is 1.36 bits per heavy atom. The summed E-state index contributed by atoms with van der Waals surface area (Å²) in [5.74, 6) is 0.328. The SMILES string of the molecule is CC1CNCCC1NC(=O)c1ccc2c(c1)CCCN2S(C)(=O)=O.Cl. The van der Waals surface area contributed by atoms with Crippen LogP contribution in [-0.2, 0) is 16.4 Å². The molecule has 2 unspecified atom stereocenters. The molecular formula is C17H26ClN3O3S. The number of fused-ring (bicyclic) bond motifs is 1. The predicted octanol–water partition coefficient (Wildman–Crippen LogP) is 1.55. The Bertz CT molecular complexity index is 739. The Balaban J connectivity index is 0.00000225. The molecule has 3 rings (SSSR count). The van der Waals surface area contributed by atoms with Crippen LogP contribution in [0, 0.1) is 5.92 Å². The maximum atomic E-state index is 12.6. The number of hydrogen-bond acceptors (Lipinski definition) is 4. The van der Waals surface area contributed by atoms with Gasteiger partial charge in [0.25, 0.3) is 5.91 Å². The Kier molecular flexibility index (Phi) is 6.35. The van der Waals surface area contributed by atoms with E-state index >= 15 is 0 Å². The van der Waals surface area contributed by atoms with Crippen LogP contribution in [0.3, 0.4) is 0 Å². The van der Waals surface area contributed by atoms with Gasteiger partial charge in [-0.25, -0.2) is 8.42 Å². The first-order valence-corrected chi connectivity index (χ1v) is 10.3. The summed E-state index contributed by atoms with van der Waals surface area (Å²) < 4.78 is 25.2. The van der Waals surface area contributed by atoms with Gasteiger partial charge in [-0.05, 0) is 62.0 Å². The number of sulfonamides is 1. The molecule has 0 saturated carbocycles. The van der Waals surface area contributed by atoms with Crippen molar-refractivity contribution in [1.82, 2.24) is 10.6 Å². The molecule has 25 heavy (non-hydrogen) atoms. The molecule has 2 N–H and O–H groups in total. The van der Waals surface area contributed by atoms with Crippen LogP contribution in [0.2, 0.25) is 0 Å². The van der Waals surface area contributed by atoms with E-state index in [0.717, 1.165) is 37.9 Å². The fourth-order valence-corrected chi connectivity index (χ4v) is 4.52. The minimum absolute atomic E-state index is 0. The van der Waals surface area contributed by atoms with Crippen LogP contribution < -0.4 is 14.9 Å². The summed E-state index contributed by atoms with van der Waals surface area (Å²) in [7, 11) is -3.28. The molecule has 0 aromatic heterocycles. The highest BCUT2D eigenvalue weighted by Gasteiger charge is 2.26. The van der Waals surface area contributed by atoms with Crippen LogP contribution >= 0.6 is 12.4 Å². The number of aryl methyl sites for hydroxylation is 1. The predicted molar refractivity (Wildman–Crippen MR) is 102 cm³/mol. The normalized spacial score (nSPS) is 23.4. The van der Waals surface area contributed by atoms with E-state index in [1.807, 2.05) is 6.07 Å². The highest BCUT2D eigenvalue weighted by molar-refractivity contribution is 7.92. The molecule has 1 fully saturated rings. The van der Waals surface area contributed by atoms with Crippen molar-refractivity contribution >= 4 is 34.0 Å². The number of nitrogens with one attached hydrogen (secondary N) is 2. The summed E-state index contributed by atoms with van der Waals surface area (Å²) in [5, 5.41) is 6.45. The molecule has 1 amide bonds. The Hall–Kier alpha value is -1.31. The summed E-state index contributed by atoms with van der Waals surface area (Å²) in [6.07, 6.45) is 3.73. The van der Waals surface area contributed by atoms with E-state index in [1.54, 1.807) is 12.1 Å². The lowest BCUT2D eigenvalue weighted by molar-refractivity contribution is 0.0914. The number of hydrogen-bond donors (Lipinski definition) is 2. The third-order valence-electron chi connectivity index (χ3n) is 4.92. The molecule has 6 nitrogen and oxygen atoms in total. The molecule has 2 atom stereocenters. The van der Waals surface area contributed by atoms with Gasteiger partial charge in [0.05, 0.1) is 11.9 Å². The average molecular weight is 388 g/mol. The van der Waals surface area contributed by atoms with E-state index in [-0.39, 0.29) is 24.4 Å². The zero-order valence-electron chi connectivity index (χ0n) is 14.6. The first kappa shape index (κ1) is 20.0. The molecule has 1 aromatic carbocycles. The molecule has 2 heterocycles. The maximum absolute atomic E-state index is 12.6. The van der Waals surface area contributed by atoms with E-state index in [4.69, 9.17) is 0 Å². The van der Waals surface area contributed by atoms with Gasteiger partial charge in [-0.1, -0.05) is 6.92 Å². The minimum atomic E-state index is -3.28. The molecule has 1 saturated heterocycles. The summed E-state index contributed by atoms with van der Waals surface area (Å²) in [6, 6.07) is 5.51. The van der Waals surface area contributed by atoms with Gasteiger partial charge in [0.15, 0.2) is 0 Å². The number of benzene rings is 1. The molecule has 0 spiro atoms. The molecule has 8 heteroatoms. The highest BCUT2D eigenvalue weighted by Crippen LogP contribution is 2.30. The van der Waals surface area contributed by atoms with Gasteiger partial charge in [0.2, 0.25) is 10.0 Å². The molecule has 0 bridgehead atoms. The quantitative estimate of drug-likeness (QED) is 0.824. The van der Waals surface area contributed by atoms with Crippen LogP contribution in [0.15, 0.2) is 18.2 Å². The van der Waals surface area contributed by atoms with Crippen molar-refractivity contribution in [2.75, 3.05) is 30.2 Å². The number of piperidine rings is 1. The van der Waals surface area contributed by atoms with E-state index in [2.05, 4.69) is 17.6 Å². The molecule has 2 aliphatic heterocycles. The monoisotopic (exact) mass is 387 g/mol. The van der Waals surface area contributed by atoms with Crippen LogP contribution in [0.5, 0.6) is 0 Å². The van der Waals surface area contributed by atoms with Crippen molar-refractivity contribution in [1.29, 1.82) is 0 Å². The second kappa shape index (κ2) is 7.93. The Labute approximate surface area is 155 Å². The third kappa shape index (κ3) is 4.46. The van der Waals surface area contributed by atoms with Gasteiger partial charge in [-0.15, -0.1) is 12.4 Å². The number of rotatable bonds is 3. The molecule has 0 radical (unpaired) electrons. The van der Waals surface area contributed by atoms with E-state index in [1.165, 1.54) is 10.6 Å². The summed E-state index contributed by atoms with van der Waals surface area (Å²) in [4.78, 5) is 12.6. The first-order chi connectivity index (χ1) is 11.4. The summed E-state index contributed by atoms with van der Waals surface area (Å²) in [6.45, 7) is 4.47. The van der Waals surface area contributed by atoms with E-state index in [0.29, 0.717) is 23.7 Å². The van der Waals surface area contributed by atoms with Crippen molar-refractivity contribution in [2.24, 2.45) is 5.92 Å². The van der Waals surface area contributed by atoms with Gasteiger partial charge in [-0.3, -0.25) is 9.10 Å². The lowest BCUT2D eigenvalue weighted by Gasteiger charge is -2.31. The lowest BCUT2D eigenvalue weighted by atomic mass is 9.94. The van der Waals surface area contributed by atoms with E-state index in [9.17, 15) is 13.2 Å².